The fraction of sp³-hybridized carbons (Fsp3) is 0.250. The van der Waals surface area contributed by atoms with Gasteiger partial charge in [0.15, 0.2) is 0 Å². The molecule has 0 radical (unpaired) electrons. The standard InChI is InChI=1S/C24H25FN2O3/c1-15(2)22(27-23(28)17-6-9-20(25)10-7-17)24(29)26-14-16-4-5-19-13-21(30-3)11-8-18(19)12-16/h4-13,15,22H,14H2,1-3H3,(H,26,29)(H,27,28). The second kappa shape index (κ2) is 9.39. The number of hydrogen-bond acceptors (Lipinski definition) is 3. The average Bonchev–Trinajstić information content (AvgIpc) is 2.75. The second-order valence-electron chi connectivity index (χ2n) is 7.47. The lowest BCUT2D eigenvalue weighted by molar-refractivity contribution is -0.124. The number of fused-ring (bicyclic) bond motifs is 1. The van der Waals surface area contributed by atoms with Gasteiger partial charge in [-0.2, -0.15) is 0 Å². The van der Waals surface area contributed by atoms with Gasteiger partial charge in [-0.25, -0.2) is 4.39 Å². The maximum Gasteiger partial charge on any atom is 0.251 e. The van der Waals surface area contributed by atoms with Gasteiger partial charge in [0, 0.05) is 12.1 Å². The molecule has 1 unspecified atom stereocenters. The summed E-state index contributed by atoms with van der Waals surface area (Å²) in [5, 5.41) is 7.74. The molecule has 6 heteroatoms. The maximum atomic E-state index is 13.1. The number of halogens is 1. The maximum absolute atomic E-state index is 13.1. The molecule has 1 atom stereocenters. The van der Waals surface area contributed by atoms with Crippen molar-refractivity contribution in [2.24, 2.45) is 5.92 Å². The Kier molecular flexibility index (Phi) is 6.67. The number of benzene rings is 3. The molecule has 3 rings (SSSR count). The largest absolute Gasteiger partial charge is 0.497 e. The van der Waals surface area contributed by atoms with E-state index >= 15 is 0 Å². The zero-order valence-corrected chi connectivity index (χ0v) is 17.2. The van der Waals surface area contributed by atoms with Gasteiger partial charge in [-0.3, -0.25) is 9.59 Å². The van der Waals surface area contributed by atoms with Crippen LogP contribution in [-0.4, -0.2) is 25.0 Å². The van der Waals surface area contributed by atoms with Gasteiger partial charge < -0.3 is 15.4 Å². The molecular formula is C24H25FN2O3. The molecule has 30 heavy (non-hydrogen) atoms. The third kappa shape index (κ3) is 5.14. The average molecular weight is 408 g/mol. The van der Waals surface area contributed by atoms with Crippen LogP contribution in [0.1, 0.15) is 29.8 Å². The number of carbonyl (C=O) groups is 2. The minimum absolute atomic E-state index is 0.113. The minimum Gasteiger partial charge on any atom is -0.497 e. The number of rotatable bonds is 7. The lowest BCUT2D eigenvalue weighted by Gasteiger charge is -2.22. The Bertz CT molecular complexity index is 1050. The Morgan fingerprint density at radius 2 is 1.63 bits per heavy atom. The molecule has 0 bridgehead atoms. The molecule has 0 fully saturated rings. The summed E-state index contributed by atoms with van der Waals surface area (Å²) in [5.74, 6) is -0.420. The van der Waals surface area contributed by atoms with Crippen molar-refractivity contribution in [2.45, 2.75) is 26.4 Å². The number of ether oxygens (including phenoxy) is 1. The van der Waals surface area contributed by atoms with Gasteiger partial charge in [0.1, 0.15) is 17.6 Å². The molecule has 3 aromatic carbocycles. The highest BCUT2D eigenvalue weighted by molar-refractivity contribution is 5.97. The summed E-state index contributed by atoms with van der Waals surface area (Å²) in [6, 6.07) is 16.3. The molecule has 0 aromatic heterocycles. The Morgan fingerprint density at radius 1 is 0.967 bits per heavy atom. The van der Waals surface area contributed by atoms with Crippen LogP contribution >= 0.6 is 0 Å². The predicted molar refractivity (Wildman–Crippen MR) is 115 cm³/mol. The van der Waals surface area contributed by atoms with Crippen LogP contribution in [0.2, 0.25) is 0 Å². The minimum atomic E-state index is -0.702. The molecule has 0 aliphatic heterocycles. The second-order valence-corrected chi connectivity index (χ2v) is 7.47. The highest BCUT2D eigenvalue weighted by Gasteiger charge is 2.24. The van der Waals surface area contributed by atoms with E-state index < -0.39 is 17.8 Å². The van der Waals surface area contributed by atoms with Crippen molar-refractivity contribution >= 4 is 22.6 Å². The fourth-order valence-corrected chi connectivity index (χ4v) is 3.17. The van der Waals surface area contributed by atoms with Crippen LogP contribution in [0.5, 0.6) is 5.75 Å². The summed E-state index contributed by atoms with van der Waals surface area (Å²) in [7, 11) is 1.63. The third-order valence-electron chi connectivity index (χ3n) is 4.92. The monoisotopic (exact) mass is 408 g/mol. The Morgan fingerprint density at radius 3 is 2.30 bits per heavy atom. The fourth-order valence-electron chi connectivity index (χ4n) is 3.17. The summed E-state index contributed by atoms with van der Waals surface area (Å²) in [4.78, 5) is 25.1. The van der Waals surface area contributed by atoms with Crippen LogP contribution in [0, 0.1) is 11.7 Å². The van der Waals surface area contributed by atoms with Crippen LogP contribution in [0.15, 0.2) is 60.7 Å². The molecule has 2 amide bonds. The Balaban J connectivity index is 1.65. The van der Waals surface area contributed by atoms with E-state index in [1.165, 1.54) is 24.3 Å². The van der Waals surface area contributed by atoms with Gasteiger partial charge in [-0.05, 0) is 64.7 Å². The summed E-state index contributed by atoms with van der Waals surface area (Å²) < 4.78 is 18.3. The molecule has 0 aliphatic rings. The first-order valence-electron chi connectivity index (χ1n) is 9.78. The number of amides is 2. The van der Waals surface area contributed by atoms with Crippen LogP contribution in [0.25, 0.3) is 10.8 Å². The number of hydrogen-bond donors (Lipinski definition) is 2. The lowest BCUT2D eigenvalue weighted by Crippen LogP contribution is -2.49. The number of carbonyl (C=O) groups excluding carboxylic acids is 2. The van der Waals surface area contributed by atoms with Gasteiger partial charge >= 0.3 is 0 Å². The smallest absolute Gasteiger partial charge is 0.251 e. The molecule has 0 spiro atoms. The normalized spacial score (nSPS) is 11.9. The Labute approximate surface area is 175 Å². The van der Waals surface area contributed by atoms with Crippen molar-refractivity contribution in [1.29, 1.82) is 0 Å². The molecule has 3 aromatic rings. The van der Waals surface area contributed by atoms with Crippen LogP contribution in [0.4, 0.5) is 4.39 Å². The van der Waals surface area contributed by atoms with Crippen molar-refractivity contribution in [2.75, 3.05) is 7.11 Å². The van der Waals surface area contributed by atoms with E-state index in [1.54, 1.807) is 7.11 Å². The van der Waals surface area contributed by atoms with Crippen LogP contribution in [0.3, 0.4) is 0 Å². The van der Waals surface area contributed by atoms with E-state index in [0.717, 1.165) is 22.1 Å². The van der Waals surface area contributed by atoms with Crippen LogP contribution < -0.4 is 15.4 Å². The molecule has 0 saturated carbocycles. The van der Waals surface area contributed by atoms with E-state index in [9.17, 15) is 14.0 Å². The molecule has 0 heterocycles. The summed E-state index contributed by atoms with van der Waals surface area (Å²) in [6.07, 6.45) is 0. The molecule has 2 N–H and O–H groups in total. The summed E-state index contributed by atoms with van der Waals surface area (Å²) in [5.41, 5.74) is 1.26. The quantitative estimate of drug-likeness (QED) is 0.620. The lowest BCUT2D eigenvalue weighted by atomic mass is 10.0. The molecule has 0 aliphatic carbocycles. The molecular weight excluding hydrogens is 383 g/mol. The van der Waals surface area contributed by atoms with Crippen molar-refractivity contribution < 1.29 is 18.7 Å². The van der Waals surface area contributed by atoms with E-state index in [2.05, 4.69) is 10.6 Å². The predicted octanol–water partition coefficient (Wildman–Crippen LogP) is 4.06. The van der Waals surface area contributed by atoms with Crippen LogP contribution in [-0.2, 0) is 11.3 Å². The highest BCUT2D eigenvalue weighted by atomic mass is 19.1. The molecule has 0 saturated heterocycles. The van der Waals surface area contributed by atoms with Gasteiger partial charge in [0.05, 0.1) is 7.11 Å². The van der Waals surface area contributed by atoms with E-state index in [1.807, 2.05) is 50.2 Å². The van der Waals surface area contributed by atoms with Gasteiger partial charge in [-0.15, -0.1) is 0 Å². The topological polar surface area (TPSA) is 67.4 Å². The number of nitrogens with one attached hydrogen (secondary N) is 2. The first-order valence-corrected chi connectivity index (χ1v) is 9.78. The van der Waals surface area contributed by atoms with Crippen molar-refractivity contribution in [3.63, 3.8) is 0 Å². The first kappa shape index (κ1) is 21.3. The zero-order chi connectivity index (χ0) is 21.7. The van der Waals surface area contributed by atoms with Gasteiger partial charge in [0.25, 0.3) is 5.91 Å². The third-order valence-corrected chi connectivity index (χ3v) is 4.92. The number of methoxy groups -OCH3 is 1. The first-order chi connectivity index (χ1) is 14.4. The molecule has 156 valence electrons. The van der Waals surface area contributed by atoms with Crippen molar-refractivity contribution in [3.05, 3.63) is 77.6 Å². The summed E-state index contributed by atoms with van der Waals surface area (Å²) in [6.45, 7) is 4.06. The highest BCUT2D eigenvalue weighted by Crippen LogP contribution is 2.22. The Hall–Kier alpha value is -3.41. The van der Waals surface area contributed by atoms with Crippen molar-refractivity contribution in [1.82, 2.24) is 10.6 Å². The van der Waals surface area contributed by atoms with Crippen molar-refractivity contribution in [3.8, 4) is 5.75 Å². The van der Waals surface area contributed by atoms with E-state index in [-0.39, 0.29) is 11.8 Å². The van der Waals surface area contributed by atoms with Gasteiger partial charge in [0.2, 0.25) is 5.91 Å². The van der Waals surface area contributed by atoms with E-state index in [4.69, 9.17) is 4.74 Å². The SMILES string of the molecule is COc1ccc2cc(CNC(=O)C(NC(=O)c3ccc(F)cc3)C(C)C)ccc2c1. The van der Waals surface area contributed by atoms with E-state index in [0.29, 0.717) is 12.1 Å². The molecule has 5 nitrogen and oxygen atoms in total. The van der Waals surface area contributed by atoms with Gasteiger partial charge in [-0.1, -0.05) is 32.0 Å². The summed E-state index contributed by atoms with van der Waals surface area (Å²) >= 11 is 0. The zero-order valence-electron chi connectivity index (χ0n) is 17.2.